The Bertz CT molecular complexity index is 719. The van der Waals surface area contributed by atoms with Crippen LogP contribution in [0.3, 0.4) is 0 Å². The summed E-state index contributed by atoms with van der Waals surface area (Å²) in [4.78, 5) is 12.2. The quantitative estimate of drug-likeness (QED) is 0.574. The predicted octanol–water partition coefficient (Wildman–Crippen LogP) is 4.48. The van der Waals surface area contributed by atoms with Gasteiger partial charge in [0.1, 0.15) is 5.75 Å². The zero-order chi connectivity index (χ0) is 17.4. The first-order valence-corrected chi connectivity index (χ1v) is 8.05. The molecule has 0 heterocycles. The third kappa shape index (κ3) is 4.62. The van der Waals surface area contributed by atoms with Gasteiger partial charge in [0.15, 0.2) is 17.3 Å². The summed E-state index contributed by atoms with van der Waals surface area (Å²) in [7, 11) is 0. The van der Waals surface area contributed by atoms with Gasteiger partial charge < -0.3 is 14.6 Å². The molecule has 0 amide bonds. The van der Waals surface area contributed by atoms with Gasteiger partial charge in [0.2, 0.25) is 0 Å². The SMILES string of the molecule is CCCOc1c(/C=C/C(=O)c2cccc(O)c2)cccc1OCC. The molecule has 2 rings (SSSR count). The molecule has 2 aromatic rings. The lowest BCUT2D eigenvalue weighted by Gasteiger charge is -2.13. The van der Waals surface area contributed by atoms with Gasteiger partial charge in [0.05, 0.1) is 13.2 Å². The Morgan fingerprint density at radius 1 is 1.12 bits per heavy atom. The molecule has 0 radical (unpaired) electrons. The molecular weight excluding hydrogens is 304 g/mol. The molecule has 4 nitrogen and oxygen atoms in total. The Balaban J connectivity index is 2.27. The van der Waals surface area contributed by atoms with Gasteiger partial charge in [-0.1, -0.05) is 31.2 Å². The topological polar surface area (TPSA) is 55.8 Å². The van der Waals surface area contributed by atoms with Crippen molar-refractivity contribution in [1.82, 2.24) is 0 Å². The average molecular weight is 326 g/mol. The molecule has 0 spiro atoms. The Morgan fingerprint density at radius 2 is 1.92 bits per heavy atom. The van der Waals surface area contributed by atoms with Gasteiger partial charge in [-0.3, -0.25) is 4.79 Å². The molecule has 1 N–H and O–H groups in total. The van der Waals surface area contributed by atoms with Crippen LogP contribution in [0.1, 0.15) is 36.2 Å². The fourth-order valence-electron chi connectivity index (χ4n) is 2.21. The van der Waals surface area contributed by atoms with Crippen LogP contribution in [0, 0.1) is 0 Å². The van der Waals surface area contributed by atoms with Crippen molar-refractivity contribution in [2.24, 2.45) is 0 Å². The fourth-order valence-corrected chi connectivity index (χ4v) is 2.21. The van der Waals surface area contributed by atoms with Crippen LogP contribution in [0.25, 0.3) is 6.08 Å². The van der Waals surface area contributed by atoms with Crippen molar-refractivity contribution in [2.45, 2.75) is 20.3 Å². The van der Waals surface area contributed by atoms with E-state index in [1.54, 1.807) is 18.2 Å². The number of hydrogen-bond acceptors (Lipinski definition) is 4. The second kappa shape index (κ2) is 8.77. The Morgan fingerprint density at radius 3 is 2.62 bits per heavy atom. The number of carbonyl (C=O) groups is 1. The second-order valence-corrected chi connectivity index (χ2v) is 5.20. The number of phenols is 1. The van der Waals surface area contributed by atoms with Gasteiger partial charge in [-0.2, -0.15) is 0 Å². The normalized spacial score (nSPS) is 10.8. The lowest BCUT2D eigenvalue weighted by Crippen LogP contribution is -2.01. The highest BCUT2D eigenvalue weighted by Gasteiger charge is 2.10. The molecule has 0 bridgehead atoms. The lowest BCUT2D eigenvalue weighted by molar-refractivity contribution is 0.104. The van der Waals surface area contributed by atoms with E-state index in [0.29, 0.717) is 30.3 Å². The van der Waals surface area contributed by atoms with Crippen LogP contribution in [0.4, 0.5) is 0 Å². The van der Waals surface area contributed by atoms with Gasteiger partial charge in [0.25, 0.3) is 0 Å². The molecule has 0 unspecified atom stereocenters. The van der Waals surface area contributed by atoms with E-state index in [0.717, 1.165) is 12.0 Å². The van der Waals surface area contributed by atoms with Gasteiger partial charge >= 0.3 is 0 Å². The molecule has 24 heavy (non-hydrogen) atoms. The van der Waals surface area contributed by atoms with Crippen LogP contribution >= 0.6 is 0 Å². The molecule has 0 fully saturated rings. The number of aromatic hydroxyl groups is 1. The number of allylic oxidation sites excluding steroid dienone is 1. The highest BCUT2D eigenvalue weighted by atomic mass is 16.5. The zero-order valence-electron chi connectivity index (χ0n) is 14.0. The maximum Gasteiger partial charge on any atom is 0.185 e. The number of carbonyl (C=O) groups excluding carboxylic acids is 1. The minimum Gasteiger partial charge on any atom is -0.508 e. The third-order valence-electron chi connectivity index (χ3n) is 3.30. The number of hydrogen-bond donors (Lipinski definition) is 1. The number of benzene rings is 2. The fraction of sp³-hybridized carbons (Fsp3) is 0.250. The monoisotopic (exact) mass is 326 g/mol. The summed E-state index contributed by atoms with van der Waals surface area (Å²) in [5.41, 5.74) is 1.21. The first-order chi connectivity index (χ1) is 11.7. The lowest BCUT2D eigenvalue weighted by atomic mass is 10.1. The van der Waals surface area contributed by atoms with E-state index in [4.69, 9.17) is 9.47 Å². The average Bonchev–Trinajstić information content (AvgIpc) is 2.59. The predicted molar refractivity (Wildman–Crippen MR) is 94.9 cm³/mol. The summed E-state index contributed by atoms with van der Waals surface area (Å²) >= 11 is 0. The second-order valence-electron chi connectivity index (χ2n) is 5.20. The van der Waals surface area contributed by atoms with E-state index in [-0.39, 0.29) is 11.5 Å². The number of rotatable bonds is 8. The minimum absolute atomic E-state index is 0.0690. The summed E-state index contributed by atoms with van der Waals surface area (Å²) in [5, 5.41) is 9.47. The van der Waals surface area contributed by atoms with E-state index in [9.17, 15) is 9.90 Å². The van der Waals surface area contributed by atoms with Crippen LogP contribution in [0.15, 0.2) is 48.5 Å². The standard InChI is InChI=1S/C20H22O4/c1-3-13-24-20-15(7-6-10-19(20)23-4-2)11-12-18(22)16-8-5-9-17(21)14-16/h5-12,14,21H,3-4,13H2,1-2H3/b12-11+. The largest absolute Gasteiger partial charge is 0.508 e. The number of para-hydroxylation sites is 1. The molecule has 2 aromatic carbocycles. The van der Waals surface area contributed by atoms with Crippen molar-refractivity contribution >= 4 is 11.9 Å². The molecule has 0 saturated heterocycles. The molecule has 0 aliphatic rings. The van der Waals surface area contributed by atoms with Crippen molar-refractivity contribution in [3.05, 3.63) is 59.7 Å². The summed E-state index contributed by atoms with van der Waals surface area (Å²) < 4.78 is 11.4. The van der Waals surface area contributed by atoms with Gasteiger partial charge in [0, 0.05) is 11.1 Å². The maximum atomic E-state index is 12.2. The molecular formula is C20H22O4. The van der Waals surface area contributed by atoms with Gasteiger partial charge in [-0.15, -0.1) is 0 Å². The highest BCUT2D eigenvalue weighted by molar-refractivity contribution is 6.07. The molecule has 0 atom stereocenters. The van der Waals surface area contributed by atoms with Crippen molar-refractivity contribution in [1.29, 1.82) is 0 Å². The summed E-state index contributed by atoms with van der Waals surface area (Å²) in [5.74, 6) is 1.19. The molecule has 0 aromatic heterocycles. The Hall–Kier alpha value is -2.75. The molecule has 0 aliphatic carbocycles. The molecule has 4 heteroatoms. The molecule has 126 valence electrons. The van der Waals surface area contributed by atoms with Crippen LogP contribution in [0.2, 0.25) is 0 Å². The van der Waals surface area contributed by atoms with Crippen molar-refractivity contribution in [3.8, 4) is 17.2 Å². The first kappa shape index (κ1) is 17.6. The number of phenolic OH excluding ortho intramolecular Hbond substituents is 1. The summed E-state index contributed by atoms with van der Waals surface area (Å²) in [6.07, 6.45) is 4.06. The van der Waals surface area contributed by atoms with Crippen molar-refractivity contribution in [3.63, 3.8) is 0 Å². The van der Waals surface area contributed by atoms with Crippen LogP contribution in [-0.2, 0) is 0 Å². The van der Waals surface area contributed by atoms with Crippen LogP contribution < -0.4 is 9.47 Å². The zero-order valence-corrected chi connectivity index (χ0v) is 14.0. The van der Waals surface area contributed by atoms with Crippen molar-refractivity contribution in [2.75, 3.05) is 13.2 Å². The van der Waals surface area contributed by atoms with Crippen LogP contribution in [0.5, 0.6) is 17.2 Å². The van der Waals surface area contributed by atoms with Crippen LogP contribution in [-0.4, -0.2) is 24.1 Å². The van der Waals surface area contributed by atoms with E-state index in [1.807, 2.05) is 32.0 Å². The summed E-state index contributed by atoms with van der Waals surface area (Å²) in [6, 6.07) is 11.9. The van der Waals surface area contributed by atoms with Gasteiger partial charge in [-0.25, -0.2) is 0 Å². The van der Waals surface area contributed by atoms with E-state index in [2.05, 4.69) is 0 Å². The number of ether oxygens (including phenoxy) is 2. The first-order valence-electron chi connectivity index (χ1n) is 8.05. The Labute approximate surface area is 142 Å². The minimum atomic E-state index is -0.186. The Kier molecular flexibility index (Phi) is 6.43. The van der Waals surface area contributed by atoms with E-state index < -0.39 is 0 Å². The summed E-state index contributed by atoms with van der Waals surface area (Å²) in [6.45, 7) is 5.06. The highest BCUT2D eigenvalue weighted by Crippen LogP contribution is 2.32. The van der Waals surface area contributed by atoms with Crippen molar-refractivity contribution < 1.29 is 19.4 Å². The van der Waals surface area contributed by atoms with E-state index >= 15 is 0 Å². The van der Waals surface area contributed by atoms with Gasteiger partial charge in [-0.05, 0) is 43.7 Å². The molecule has 0 saturated carbocycles. The third-order valence-corrected chi connectivity index (χ3v) is 3.30. The molecule has 0 aliphatic heterocycles. The van der Waals surface area contributed by atoms with E-state index in [1.165, 1.54) is 18.2 Å². The maximum absolute atomic E-state index is 12.2. The number of ketones is 1. The smallest absolute Gasteiger partial charge is 0.185 e.